The Balaban J connectivity index is 3.82. The van der Waals surface area contributed by atoms with E-state index in [1.165, 1.54) is 44.9 Å². The summed E-state index contributed by atoms with van der Waals surface area (Å²) in [5.41, 5.74) is 0. The van der Waals surface area contributed by atoms with Crippen molar-refractivity contribution in [3.05, 3.63) is 0 Å². The summed E-state index contributed by atoms with van der Waals surface area (Å²) in [6.07, 6.45) is 2.14. The van der Waals surface area contributed by atoms with Crippen molar-refractivity contribution in [3.63, 3.8) is 0 Å². The monoisotopic (exact) mass is 393 g/mol. The van der Waals surface area contributed by atoms with Gasteiger partial charge in [-0.2, -0.15) is 0 Å². The van der Waals surface area contributed by atoms with Gasteiger partial charge in [0, 0.05) is 6.54 Å². The molecule has 0 spiro atoms. The number of nitrogens with one attached hydrogen (secondary N) is 1. The Bertz CT molecular complexity index is 370. The summed E-state index contributed by atoms with van der Waals surface area (Å²) in [6.45, 7) is 1.72. The normalized spacial score (nSPS) is 17.1. The number of hydrogen-bond acceptors (Lipinski definition) is 7. The van der Waals surface area contributed by atoms with Crippen LogP contribution in [0.25, 0.3) is 0 Å². The average Bonchev–Trinajstić information content (AvgIpc) is 2.68. The van der Waals surface area contributed by atoms with Crippen LogP contribution in [0.1, 0.15) is 71.1 Å². The lowest BCUT2D eigenvalue weighted by Crippen LogP contribution is -2.54. The molecule has 8 nitrogen and oxygen atoms in total. The molecule has 0 aliphatic rings. The van der Waals surface area contributed by atoms with Gasteiger partial charge in [-0.05, 0) is 6.42 Å². The van der Waals surface area contributed by atoms with E-state index in [0.29, 0.717) is 6.54 Å². The van der Waals surface area contributed by atoms with E-state index in [1.54, 1.807) is 0 Å². The first kappa shape index (κ1) is 26.2. The largest absolute Gasteiger partial charge is 0.394 e. The maximum Gasteiger partial charge on any atom is 0.251 e. The van der Waals surface area contributed by atoms with Crippen molar-refractivity contribution in [1.82, 2.24) is 5.32 Å². The third kappa shape index (κ3) is 11.6. The van der Waals surface area contributed by atoms with E-state index in [-0.39, 0.29) is 0 Å². The van der Waals surface area contributed by atoms with Crippen LogP contribution in [0.3, 0.4) is 0 Å². The SMILES string of the molecule is CCCCCCCCCCCCNC(=O)[C@H](O)[C@H](O)[C@H](O)[C@@H](O)[C@H](O)CO. The van der Waals surface area contributed by atoms with E-state index >= 15 is 0 Å². The lowest BCUT2D eigenvalue weighted by molar-refractivity contribution is -0.156. The molecule has 1 amide bonds. The number of aliphatic hydroxyl groups excluding tert-OH is 6. The van der Waals surface area contributed by atoms with Crippen LogP contribution in [0.4, 0.5) is 0 Å². The molecule has 0 aliphatic heterocycles. The van der Waals surface area contributed by atoms with Crippen molar-refractivity contribution < 1.29 is 35.4 Å². The fraction of sp³-hybridized carbons (Fsp3) is 0.947. The highest BCUT2D eigenvalue weighted by Crippen LogP contribution is 2.11. The molecule has 162 valence electrons. The van der Waals surface area contributed by atoms with Gasteiger partial charge < -0.3 is 36.0 Å². The summed E-state index contributed by atoms with van der Waals surface area (Å²) in [5, 5.41) is 59.0. The van der Waals surface area contributed by atoms with Gasteiger partial charge in [-0.3, -0.25) is 4.79 Å². The summed E-state index contributed by atoms with van der Waals surface area (Å²) in [4.78, 5) is 11.8. The van der Waals surface area contributed by atoms with Crippen molar-refractivity contribution in [2.45, 2.75) is 102 Å². The lowest BCUT2D eigenvalue weighted by atomic mass is 9.99. The Morgan fingerprint density at radius 3 is 1.70 bits per heavy atom. The van der Waals surface area contributed by atoms with Gasteiger partial charge >= 0.3 is 0 Å². The zero-order chi connectivity index (χ0) is 20.7. The molecule has 0 aliphatic carbocycles. The molecule has 0 unspecified atom stereocenters. The van der Waals surface area contributed by atoms with Crippen molar-refractivity contribution in [1.29, 1.82) is 0 Å². The molecule has 0 aromatic rings. The Kier molecular flexibility index (Phi) is 15.7. The fourth-order valence-electron chi connectivity index (χ4n) is 2.81. The minimum Gasteiger partial charge on any atom is -0.394 e. The summed E-state index contributed by atoms with van der Waals surface area (Å²) >= 11 is 0. The Morgan fingerprint density at radius 2 is 1.22 bits per heavy atom. The van der Waals surface area contributed by atoms with E-state index in [1.807, 2.05) is 0 Å². The molecule has 0 saturated heterocycles. The average molecular weight is 394 g/mol. The number of rotatable bonds is 17. The molecule has 0 heterocycles. The standard InChI is InChI=1S/C19H39NO7/c1-2-3-4-5-6-7-8-9-10-11-12-20-19(27)18(26)17(25)16(24)15(23)14(22)13-21/h14-18,21-26H,2-13H2,1H3,(H,20,27)/t14-,15+,16-,17-,18-/m1/s1. The summed E-state index contributed by atoms with van der Waals surface area (Å²) in [7, 11) is 0. The molecule has 0 saturated carbocycles. The van der Waals surface area contributed by atoms with Crippen molar-refractivity contribution in [2.24, 2.45) is 0 Å². The highest BCUT2D eigenvalue weighted by Gasteiger charge is 2.36. The van der Waals surface area contributed by atoms with Gasteiger partial charge in [-0.1, -0.05) is 64.7 Å². The second-order valence-corrected chi connectivity index (χ2v) is 7.14. The number of amides is 1. The van der Waals surface area contributed by atoms with Crippen molar-refractivity contribution in [3.8, 4) is 0 Å². The van der Waals surface area contributed by atoms with Gasteiger partial charge in [0.25, 0.3) is 5.91 Å². The minimum atomic E-state index is -1.98. The fourth-order valence-corrected chi connectivity index (χ4v) is 2.81. The van der Waals surface area contributed by atoms with Gasteiger partial charge in [-0.25, -0.2) is 0 Å². The van der Waals surface area contributed by atoms with E-state index in [0.717, 1.165) is 19.3 Å². The molecule has 7 N–H and O–H groups in total. The van der Waals surface area contributed by atoms with Gasteiger partial charge in [0.1, 0.15) is 24.4 Å². The smallest absolute Gasteiger partial charge is 0.251 e. The van der Waals surface area contributed by atoms with Crippen LogP contribution in [0.2, 0.25) is 0 Å². The Hall–Kier alpha value is -0.770. The first-order valence-corrected chi connectivity index (χ1v) is 10.2. The highest BCUT2D eigenvalue weighted by atomic mass is 16.4. The molecule has 27 heavy (non-hydrogen) atoms. The molecule has 0 radical (unpaired) electrons. The molecule has 5 atom stereocenters. The molecule has 0 rings (SSSR count). The van der Waals surface area contributed by atoms with Crippen LogP contribution in [0, 0.1) is 0 Å². The van der Waals surface area contributed by atoms with Crippen LogP contribution in [0.15, 0.2) is 0 Å². The Labute approximate surface area is 162 Å². The molecule has 0 aromatic heterocycles. The van der Waals surface area contributed by atoms with E-state index in [2.05, 4.69) is 12.2 Å². The highest BCUT2D eigenvalue weighted by molar-refractivity contribution is 5.81. The zero-order valence-electron chi connectivity index (χ0n) is 16.5. The molecule has 0 bridgehead atoms. The number of carbonyl (C=O) groups is 1. The zero-order valence-corrected chi connectivity index (χ0v) is 16.5. The van der Waals surface area contributed by atoms with Gasteiger partial charge in [0.05, 0.1) is 6.61 Å². The molecule has 0 aromatic carbocycles. The van der Waals surface area contributed by atoms with Crippen molar-refractivity contribution in [2.75, 3.05) is 13.2 Å². The number of unbranched alkanes of at least 4 members (excludes halogenated alkanes) is 9. The third-order valence-corrected chi connectivity index (χ3v) is 4.70. The van der Waals surface area contributed by atoms with Crippen LogP contribution in [-0.2, 0) is 4.79 Å². The maximum atomic E-state index is 11.8. The quantitative estimate of drug-likeness (QED) is 0.169. The van der Waals surface area contributed by atoms with E-state index < -0.39 is 43.0 Å². The molecule has 8 heteroatoms. The summed E-state index contributed by atoms with van der Waals surface area (Å²) in [5.74, 6) is -0.858. The van der Waals surface area contributed by atoms with Crippen molar-refractivity contribution >= 4 is 5.91 Å². The van der Waals surface area contributed by atoms with Crippen LogP contribution >= 0.6 is 0 Å². The maximum absolute atomic E-state index is 11.8. The first-order chi connectivity index (χ1) is 12.9. The third-order valence-electron chi connectivity index (χ3n) is 4.70. The first-order valence-electron chi connectivity index (χ1n) is 10.2. The van der Waals surface area contributed by atoms with E-state index in [9.17, 15) is 30.3 Å². The van der Waals surface area contributed by atoms with Gasteiger partial charge in [0.15, 0.2) is 6.10 Å². The second-order valence-electron chi connectivity index (χ2n) is 7.14. The number of aliphatic hydroxyl groups is 6. The number of hydrogen-bond donors (Lipinski definition) is 7. The predicted octanol–water partition coefficient (Wildman–Crippen LogP) is -0.180. The Morgan fingerprint density at radius 1 is 0.741 bits per heavy atom. The lowest BCUT2D eigenvalue weighted by Gasteiger charge is -2.27. The molecular weight excluding hydrogens is 354 g/mol. The molecular formula is C19H39NO7. The summed E-state index contributed by atoms with van der Waals surface area (Å²) in [6, 6.07) is 0. The number of carbonyl (C=O) groups excluding carboxylic acids is 1. The van der Waals surface area contributed by atoms with Crippen LogP contribution < -0.4 is 5.32 Å². The summed E-state index contributed by atoms with van der Waals surface area (Å²) < 4.78 is 0. The topological polar surface area (TPSA) is 150 Å². The predicted molar refractivity (Wildman–Crippen MR) is 102 cm³/mol. The minimum absolute atomic E-state index is 0.344. The van der Waals surface area contributed by atoms with Gasteiger partial charge in [-0.15, -0.1) is 0 Å². The molecule has 0 fully saturated rings. The van der Waals surface area contributed by atoms with Crippen LogP contribution in [0.5, 0.6) is 0 Å². The van der Waals surface area contributed by atoms with E-state index in [4.69, 9.17) is 5.11 Å². The van der Waals surface area contributed by atoms with Gasteiger partial charge in [0.2, 0.25) is 0 Å². The second kappa shape index (κ2) is 16.2. The van der Waals surface area contributed by atoms with Crippen LogP contribution in [-0.4, -0.2) is 80.2 Å².